The van der Waals surface area contributed by atoms with Crippen LogP contribution in [0.4, 0.5) is 0 Å². The van der Waals surface area contributed by atoms with Gasteiger partial charge in [-0.05, 0) is 30.5 Å². The van der Waals surface area contributed by atoms with Crippen molar-refractivity contribution in [1.29, 1.82) is 0 Å². The van der Waals surface area contributed by atoms with Gasteiger partial charge in [0.2, 0.25) is 0 Å². The van der Waals surface area contributed by atoms with E-state index in [0.717, 1.165) is 24.8 Å². The molecule has 1 saturated heterocycles. The molecule has 0 bridgehead atoms. The lowest BCUT2D eigenvalue weighted by Crippen LogP contribution is -2.42. The summed E-state index contributed by atoms with van der Waals surface area (Å²) in [7, 11) is 1.59. The van der Waals surface area contributed by atoms with E-state index < -0.39 is 11.4 Å². The molecule has 0 aromatic heterocycles. The van der Waals surface area contributed by atoms with Crippen molar-refractivity contribution in [1.82, 2.24) is 0 Å². The molecule has 1 aliphatic heterocycles. The number of aliphatic carboxylic acids is 1. The van der Waals surface area contributed by atoms with Gasteiger partial charge in [0.05, 0.1) is 25.7 Å². The van der Waals surface area contributed by atoms with Crippen LogP contribution in [0.1, 0.15) is 37.7 Å². The summed E-state index contributed by atoms with van der Waals surface area (Å²) in [5, 5.41) is 9.55. The van der Waals surface area contributed by atoms with Crippen LogP contribution in [-0.2, 0) is 14.9 Å². The molecule has 3 rings (SSSR count). The molecule has 0 unspecified atom stereocenters. The Morgan fingerprint density at radius 1 is 1.27 bits per heavy atom. The highest BCUT2D eigenvalue weighted by molar-refractivity contribution is 5.83. The molecule has 1 aromatic carbocycles. The molecule has 22 heavy (non-hydrogen) atoms. The Labute approximate surface area is 130 Å². The number of methoxy groups -OCH3 is 1. The van der Waals surface area contributed by atoms with Crippen LogP contribution < -0.4 is 9.47 Å². The van der Waals surface area contributed by atoms with E-state index in [4.69, 9.17) is 14.2 Å². The van der Waals surface area contributed by atoms with Gasteiger partial charge in [0.15, 0.2) is 11.5 Å². The molecule has 1 N–H and O–H groups in total. The van der Waals surface area contributed by atoms with E-state index in [9.17, 15) is 9.90 Å². The summed E-state index contributed by atoms with van der Waals surface area (Å²) in [5.74, 6) is 0.536. The highest BCUT2D eigenvalue weighted by Crippen LogP contribution is 2.46. The standard InChI is InChI=1S/C17H22O5/c1-20-15-11-12(17(16(18)19)7-2-8-17)3-4-14(15)22-13-5-9-21-10-6-13/h3-4,11,13H,2,5-10H2,1H3,(H,18,19). The van der Waals surface area contributed by atoms with Gasteiger partial charge < -0.3 is 19.3 Å². The first kappa shape index (κ1) is 15.2. The van der Waals surface area contributed by atoms with E-state index in [1.165, 1.54) is 0 Å². The van der Waals surface area contributed by atoms with Crippen LogP contribution in [0.15, 0.2) is 18.2 Å². The number of hydrogen-bond donors (Lipinski definition) is 1. The largest absolute Gasteiger partial charge is 0.493 e. The van der Waals surface area contributed by atoms with E-state index in [-0.39, 0.29) is 6.10 Å². The van der Waals surface area contributed by atoms with E-state index in [0.29, 0.717) is 37.6 Å². The summed E-state index contributed by atoms with van der Waals surface area (Å²) in [4.78, 5) is 11.6. The van der Waals surface area contributed by atoms with Crippen molar-refractivity contribution < 1.29 is 24.1 Å². The van der Waals surface area contributed by atoms with Crippen LogP contribution in [0.3, 0.4) is 0 Å². The van der Waals surface area contributed by atoms with Gasteiger partial charge in [0.1, 0.15) is 6.10 Å². The van der Waals surface area contributed by atoms with Crippen LogP contribution in [0.5, 0.6) is 11.5 Å². The van der Waals surface area contributed by atoms with Gasteiger partial charge in [-0.2, -0.15) is 0 Å². The Morgan fingerprint density at radius 2 is 2.00 bits per heavy atom. The second kappa shape index (κ2) is 6.16. The Hall–Kier alpha value is -1.75. The topological polar surface area (TPSA) is 65.0 Å². The zero-order valence-electron chi connectivity index (χ0n) is 12.8. The number of rotatable bonds is 5. The quantitative estimate of drug-likeness (QED) is 0.906. The third-order valence-electron chi connectivity index (χ3n) is 4.79. The summed E-state index contributed by atoms with van der Waals surface area (Å²) < 4.78 is 16.8. The Morgan fingerprint density at radius 3 is 2.55 bits per heavy atom. The van der Waals surface area contributed by atoms with Crippen molar-refractivity contribution in [3.63, 3.8) is 0 Å². The third kappa shape index (κ3) is 2.65. The predicted octanol–water partition coefficient (Wildman–Crippen LogP) is 2.76. The van der Waals surface area contributed by atoms with E-state index in [1.807, 2.05) is 18.2 Å². The molecule has 0 amide bonds. The second-order valence-electron chi connectivity index (χ2n) is 6.04. The fourth-order valence-corrected chi connectivity index (χ4v) is 3.19. The number of carboxylic acids is 1. The molecule has 0 atom stereocenters. The van der Waals surface area contributed by atoms with Gasteiger partial charge in [-0.3, -0.25) is 4.79 Å². The summed E-state index contributed by atoms with van der Waals surface area (Å²) in [6, 6.07) is 5.53. The molecule has 0 radical (unpaired) electrons. The lowest BCUT2D eigenvalue weighted by molar-refractivity contribution is -0.147. The Bertz CT molecular complexity index is 544. The minimum absolute atomic E-state index is 0.130. The van der Waals surface area contributed by atoms with Crippen LogP contribution >= 0.6 is 0 Å². The highest BCUT2D eigenvalue weighted by atomic mass is 16.5. The molecule has 5 nitrogen and oxygen atoms in total. The Balaban J connectivity index is 1.82. The van der Waals surface area contributed by atoms with Gasteiger partial charge in [0.25, 0.3) is 0 Å². The molecule has 2 aliphatic rings. The maximum absolute atomic E-state index is 11.6. The second-order valence-corrected chi connectivity index (χ2v) is 6.04. The minimum Gasteiger partial charge on any atom is -0.493 e. The van der Waals surface area contributed by atoms with E-state index in [2.05, 4.69) is 0 Å². The van der Waals surface area contributed by atoms with E-state index >= 15 is 0 Å². The van der Waals surface area contributed by atoms with E-state index in [1.54, 1.807) is 7.11 Å². The summed E-state index contributed by atoms with van der Waals surface area (Å²) in [6.45, 7) is 1.43. The van der Waals surface area contributed by atoms with Crippen LogP contribution in [-0.4, -0.2) is 37.5 Å². The number of carbonyl (C=O) groups is 1. The first-order valence-corrected chi connectivity index (χ1v) is 7.82. The SMILES string of the molecule is COc1cc(C2(C(=O)O)CCC2)ccc1OC1CCOCC1. The molecule has 0 spiro atoms. The van der Waals surface area contributed by atoms with Gasteiger partial charge in [-0.15, -0.1) is 0 Å². The molecule has 1 aliphatic carbocycles. The van der Waals surface area contributed by atoms with Crippen molar-refractivity contribution in [3.05, 3.63) is 23.8 Å². The zero-order valence-corrected chi connectivity index (χ0v) is 12.8. The fourth-order valence-electron chi connectivity index (χ4n) is 3.19. The molecular formula is C17H22O5. The number of benzene rings is 1. The van der Waals surface area contributed by atoms with Gasteiger partial charge in [-0.1, -0.05) is 12.5 Å². The number of hydrogen-bond acceptors (Lipinski definition) is 4. The lowest BCUT2D eigenvalue weighted by Gasteiger charge is -2.38. The first-order chi connectivity index (χ1) is 10.7. The first-order valence-electron chi connectivity index (χ1n) is 7.82. The average Bonchev–Trinajstić information content (AvgIpc) is 2.48. The molecule has 5 heteroatoms. The average molecular weight is 306 g/mol. The summed E-state index contributed by atoms with van der Waals surface area (Å²) in [5.41, 5.74) is 0.0623. The van der Waals surface area contributed by atoms with Crippen LogP contribution in [0, 0.1) is 0 Å². The Kier molecular flexibility index (Phi) is 4.25. The maximum atomic E-state index is 11.6. The van der Waals surface area contributed by atoms with Crippen molar-refractivity contribution in [2.24, 2.45) is 0 Å². The molecule has 120 valence electrons. The monoisotopic (exact) mass is 306 g/mol. The summed E-state index contributed by atoms with van der Waals surface area (Å²) in [6.07, 6.45) is 4.19. The van der Waals surface area contributed by atoms with Crippen molar-refractivity contribution in [2.75, 3.05) is 20.3 Å². The minimum atomic E-state index is -0.751. The van der Waals surface area contributed by atoms with Crippen molar-refractivity contribution in [2.45, 2.75) is 43.6 Å². The number of carboxylic acid groups (broad SMARTS) is 1. The van der Waals surface area contributed by atoms with Crippen LogP contribution in [0.25, 0.3) is 0 Å². The lowest BCUT2D eigenvalue weighted by atomic mass is 9.64. The summed E-state index contributed by atoms with van der Waals surface area (Å²) >= 11 is 0. The third-order valence-corrected chi connectivity index (χ3v) is 4.79. The van der Waals surface area contributed by atoms with Crippen molar-refractivity contribution in [3.8, 4) is 11.5 Å². The van der Waals surface area contributed by atoms with Crippen LogP contribution in [0.2, 0.25) is 0 Å². The number of ether oxygens (including phenoxy) is 3. The van der Waals surface area contributed by atoms with Gasteiger partial charge in [0, 0.05) is 12.8 Å². The van der Waals surface area contributed by atoms with Gasteiger partial charge in [-0.25, -0.2) is 0 Å². The smallest absolute Gasteiger partial charge is 0.314 e. The molecule has 1 aromatic rings. The van der Waals surface area contributed by atoms with Crippen molar-refractivity contribution >= 4 is 5.97 Å². The molecule has 2 fully saturated rings. The molecule has 1 heterocycles. The predicted molar refractivity (Wildman–Crippen MR) is 80.6 cm³/mol. The fraction of sp³-hybridized carbons (Fsp3) is 0.588. The highest BCUT2D eigenvalue weighted by Gasteiger charge is 2.46. The maximum Gasteiger partial charge on any atom is 0.314 e. The molecule has 1 saturated carbocycles. The molecular weight excluding hydrogens is 284 g/mol. The zero-order chi connectivity index (χ0) is 15.6. The normalized spacial score (nSPS) is 21.0. The van der Waals surface area contributed by atoms with Gasteiger partial charge >= 0.3 is 5.97 Å².